The van der Waals surface area contributed by atoms with Crippen LogP contribution in [-0.2, 0) is 9.53 Å². The summed E-state index contributed by atoms with van der Waals surface area (Å²) in [6, 6.07) is 19.8. The molecule has 5 heteroatoms. The monoisotopic (exact) mass is 459 g/mol. The number of alkyl halides is 1. The standard InChI is InChI=1S/C23H25BrO3P/c1-18-12-13-20(27-23(25)17-24)16-19(18)14-15-28(26,21-8-4-2-5-9-21)22-10-6-3-7-11-22/h2-11,14,20,26H,1,12-13,15-17H2/q+1/b19-14-/t20-/m0/s1. The predicted molar refractivity (Wildman–Crippen MR) is 121 cm³/mol. The van der Waals surface area contributed by atoms with E-state index in [2.05, 4.69) is 28.6 Å². The van der Waals surface area contributed by atoms with Crippen molar-refractivity contribution in [3.63, 3.8) is 0 Å². The van der Waals surface area contributed by atoms with E-state index in [4.69, 9.17) is 4.74 Å². The van der Waals surface area contributed by atoms with Crippen LogP contribution in [0.3, 0.4) is 0 Å². The Labute approximate surface area is 175 Å². The Kier molecular flexibility index (Phi) is 7.23. The van der Waals surface area contributed by atoms with Crippen molar-refractivity contribution in [2.45, 2.75) is 25.4 Å². The van der Waals surface area contributed by atoms with Gasteiger partial charge in [0.1, 0.15) is 28.2 Å². The van der Waals surface area contributed by atoms with E-state index in [0.29, 0.717) is 12.6 Å². The van der Waals surface area contributed by atoms with Crippen LogP contribution in [0.2, 0.25) is 0 Å². The summed E-state index contributed by atoms with van der Waals surface area (Å²) in [5.41, 5.74) is 2.16. The summed E-state index contributed by atoms with van der Waals surface area (Å²) in [6.45, 7) is 4.19. The molecule has 1 saturated carbocycles. The first-order valence-corrected chi connectivity index (χ1v) is 12.4. The van der Waals surface area contributed by atoms with Crippen LogP contribution in [0, 0.1) is 0 Å². The molecular formula is C23H25BrO3P+. The number of hydrogen-bond donors (Lipinski definition) is 1. The summed E-state index contributed by atoms with van der Waals surface area (Å²) in [5, 5.41) is 2.13. The van der Waals surface area contributed by atoms with Gasteiger partial charge in [-0.25, -0.2) is 4.89 Å². The quantitative estimate of drug-likeness (QED) is 0.392. The number of allylic oxidation sites excluding steroid dienone is 2. The first-order valence-electron chi connectivity index (χ1n) is 9.37. The topological polar surface area (TPSA) is 46.5 Å². The second-order valence-electron chi connectivity index (χ2n) is 6.94. The Morgan fingerprint density at radius 2 is 1.71 bits per heavy atom. The number of esters is 1. The smallest absolute Gasteiger partial charge is 0.316 e. The Morgan fingerprint density at radius 1 is 1.14 bits per heavy atom. The van der Waals surface area contributed by atoms with Crippen LogP contribution in [0.25, 0.3) is 0 Å². The maximum Gasteiger partial charge on any atom is 0.316 e. The fourth-order valence-corrected chi connectivity index (χ4v) is 6.15. The summed E-state index contributed by atoms with van der Waals surface area (Å²) in [5.74, 6) is -0.241. The molecule has 1 fully saturated rings. The lowest BCUT2D eigenvalue weighted by Gasteiger charge is -2.26. The van der Waals surface area contributed by atoms with E-state index in [0.717, 1.165) is 34.6 Å². The van der Waals surface area contributed by atoms with Gasteiger partial charge in [0.05, 0.1) is 0 Å². The molecule has 0 bridgehead atoms. The lowest BCUT2D eigenvalue weighted by atomic mass is 9.88. The van der Waals surface area contributed by atoms with Crippen molar-refractivity contribution in [1.29, 1.82) is 0 Å². The first kappa shape index (κ1) is 21.0. The van der Waals surface area contributed by atoms with Gasteiger partial charge in [0, 0.05) is 6.42 Å². The molecule has 3 rings (SSSR count). The molecule has 28 heavy (non-hydrogen) atoms. The van der Waals surface area contributed by atoms with Crippen molar-refractivity contribution in [3.05, 3.63) is 84.5 Å². The highest BCUT2D eigenvalue weighted by Crippen LogP contribution is 2.52. The lowest BCUT2D eigenvalue weighted by Crippen LogP contribution is -2.25. The molecule has 0 spiro atoms. The average molecular weight is 460 g/mol. The molecule has 3 nitrogen and oxygen atoms in total. The summed E-state index contributed by atoms with van der Waals surface area (Å²) in [4.78, 5) is 23.4. The number of ether oxygens (including phenoxy) is 1. The fraction of sp³-hybridized carbons (Fsp3) is 0.261. The third-order valence-corrected chi connectivity index (χ3v) is 8.52. The zero-order chi connectivity index (χ0) is 20.0. The normalized spacial score (nSPS) is 18.9. The van der Waals surface area contributed by atoms with E-state index in [1.165, 1.54) is 0 Å². The third-order valence-electron chi connectivity index (χ3n) is 5.05. The van der Waals surface area contributed by atoms with E-state index < -0.39 is 7.49 Å². The molecule has 0 radical (unpaired) electrons. The minimum absolute atomic E-state index is 0.123. The Hall–Kier alpha value is -1.74. The van der Waals surface area contributed by atoms with Gasteiger partial charge < -0.3 is 4.74 Å². The molecular weight excluding hydrogens is 435 g/mol. The van der Waals surface area contributed by atoms with Crippen LogP contribution in [0.5, 0.6) is 0 Å². The van der Waals surface area contributed by atoms with E-state index in [1.54, 1.807) is 0 Å². The van der Waals surface area contributed by atoms with E-state index in [1.807, 2.05) is 60.7 Å². The number of benzene rings is 2. The molecule has 0 heterocycles. The summed E-state index contributed by atoms with van der Waals surface area (Å²) in [6.07, 6.45) is 4.77. The molecule has 0 saturated heterocycles. The van der Waals surface area contributed by atoms with E-state index in [-0.39, 0.29) is 17.4 Å². The van der Waals surface area contributed by atoms with Gasteiger partial charge in [0.15, 0.2) is 0 Å². The molecule has 146 valence electrons. The SMILES string of the molecule is C=C1CC[C@H](OC(=O)CBr)C/C1=C/C[P+](O)(c1ccccc1)c1ccccc1. The van der Waals surface area contributed by atoms with Crippen LogP contribution in [0.1, 0.15) is 19.3 Å². The van der Waals surface area contributed by atoms with Crippen molar-refractivity contribution in [1.82, 2.24) is 0 Å². The summed E-state index contributed by atoms with van der Waals surface area (Å²) >= 11 is 3.14. The second kappa shape index (κ2) is 9.65. The highest BCUT2D eigenvalue weighted by atomic mass is 79.9. The highest BCUT2D eigenvalue weighted by molar-refractivity contribution is 9.09. The van der Waals surface area contributed by atoms with Gasteiger partial charge in [0.25, 0.3) is 0 Å². The predicted octanol–water partition coefficient (Wildman–Crippen LogP) is 4.54. The van der Waals surface area contributed by atoms with Gasteiger partial charge in [-0.05, 0) is 48.8 Å². The van der Waals surface area contributed by atoms with Gasteiger partial charge in [0.2, 0.25) is 7.49 Å². The van der Waals surface area contributed by atoms with Crippen LogP contribution >= 0.6 is 23.4 Å². The van der Waals surface area contributed by atoms with Gasteiger partial charge in [-0.2, -0.15) is 0 Å². The zero-order valence-electron chi connectivity index (χ0n) is 15.8. The number of rotatable bonds is 6. The maximum absolute atomic E-state index is 11.8. The Bertz CT molecular complexity index is 809. The molecule has 0 unspecified atom stereocenters. The van der Waals surface area contributed by atoms with Crippen LogP contribution < -0.4 is 10.6 Å². The summed E-state index contributed by atoms with van der Waals surface area (Å²) in [7, 11) is -2.55. The van der Waals surface area contributed by atoms with Crippen LogP contribution in [0.4, 0.5) is 0 Å². The fourth-order valence-electron chi connectivity index (χ4n) is 3.48. The molecule has 1 atom stereocenters. The van der Waals surface area contributed by atoms with Gasteiger partial charge in [-0.3, -0.25) is 4.79 Å². The zero-order valence-corrected chi connectivity index (χ0v) is 18.2. The molecule has 0 aliphatic heterocycles. The Morgan fingerprint density at radius 3 is 2.25 bits per heavy atom. The van der Waals surface area contributed by atoms with Crippen molar-refractivity contribution in [2.24, 2.45) is 0 Å². The largest absolute Gasteiger partial charge is 0.461 e. The van der Waals surface area contributed by atoms with E-state index >= 15 is 0 Å². The van der Waals surface area contributed by atoms with E-state index in [9.17, 15) is 9.69 Å². The molecule has 2 aromatic rings. The molecule has 2 aromatic carbocycles. The van der Waals surface area contributed by atoms with Crippen LogP contribution in [-0.4, -0.2) is 28.5 Å². The minimum Gasteiger partial charge on any atom is -0.461 e. The minimum atomic E-state index is -2.55. The maximum atomic E-state index is 11.8. The van der Waals surface area contributed by atoms with Crippen molar-refractivity contribution >= 4 is 40.0 Å². The molecule has 1 aliphatic rings. The van der Waals surface area contributed by atoms with Crippen molar-refractivity contribution in [2.75, 3.05) is 11.5 Å². The molecule has 0 aromatic heterocycles. The van der Waals surface area contributed by atoms with Gasteiger partial charge in [-0.1, -0.05) is 64.5 Å². The molecule has 1 N–H and O–H groups in total. The van der Waals surface area contributed by atoms with Crippen molar-refractivity contribution < 1.29 is 14.4 Å². The second-order valence-corrected chi connectivity index (χ2v) is 10.4. The van der Waals surface area contributed by atoms with Crippen LogP contribution in [0.15, 0.2) is 84.5 Å². The average Bonchev–Trinajstić information content (AvgIpc) is 2.75. The Balaban J connectivity index is 1.86. The molecule has 1 aliphatic carbocycles. The van der Waals surface area contributed by atoms with Gasteiger partial charge in [-0.15, -0.1) is 0 Å². The number of carbonyl (C=O) groups excluding carboxylic acids is 1. The first-order chi connectivity index (χ1) is 13.5. The molecule has 0 amide bonds. The van der Waals surface area contributed by atoms with Crippen molar-refractivity contribution in [3.8, 4) is 0 Å². The lowest BCUT2D eigenvalue weighted by molar-refractivity contribution is -0.146. The summed E-state index contributed by atoms with van der Waals surface area (Å²) < 4.78 is 5.50. The number of carbonyl (C=O) groups is 1. The number of hydrogen-bond acceptors (Lipinski definition) is 3. The number of halogens is 1. The highest BCUT2D eigenvalue weighted by Gasteiger charge is 2.40. The van der Waals surface area contributed by atoms with Gasteiger partial charge >= 0.3 is 5.97 Å². The third kappa shape index (κ3) is 5.00.